The van der Waals surface area contributed by atoms with Crippen LogP contribution in [0.25, 0.3) is 0 Å². The van der Waals surface area contributed by atoms with E-state index in [-0.39, 0.29) is 24.9 Å². The maximum atomic E-state index is 13.2. The summed E-state index contributed by atoms with van der Waals surface area (Å²) in [5.74, 6) is -0.282. The number of halogens is 6. The minimum atomic E-state index is -4.97. The lowest BCUT2D eigenvalue weighted by molar-refractivity contribution is -0.143. The van der Waals surface area contributed by atoms with Crippen molar-refractivity contribution in [2.45, 2.75) is 45.6 Å². The fourth-order valence-electron chi connectivity index (χ4n) is 4.26. The Morgan fingerprint density at radius 1 is 1.03 bits per heavy atom. The second kappa shape index (κ2) is 8.55. The van der Waals surface area contributed by atoms with Crippen LogP contribution in [0.3, 0.4) is 0 Å². The number of nitrogens with zero attached hydrogens (tertiary/aromatic N) is 1. The van der Waals surface area contributed by atoms with Crippen LogP contribution < -0.4 is 10.2 Å². The largest absolute Gasteiger partial charge is 0.416 e. The molecule has 1 saturated heterocycles. The molecule has 0 aromatic heterocycles. The SMILES string of the molecule is Cc1cccc(C)c1N1CC(CO)(C(C)Nc2cc(C(F)(F)F)cc(C(F)(F)F)c2)CC1=O. The van der Waals surface area contributed by atoms with E-state index in [1.54, 1.807) is 0 Å². The Morgan fingerprint density at radius 3 is 2.00 bits per heavy atom. The van der Waals surface area contributed by atoms with Crippen LogP contribution in [0.5, 0.6) is 0 Å². The quantitative estimate of drug-likeness (QED) is 0.559. The summed E-state index contributed by atoms with van der Waals surface area (Å²) in [7, 11) is 0. The van der Waals surface area contributed by atoms with Crippen molar-refractivity contribution in [2.24, 2.45) is 5.41 Å². The zero-order valence-corrected chi connectivity index (χ0v) is 18.2. The highest BCUT2D eigenvalue weighted by atomic mass is 19.4. The van der Waals surface area contributed by atoms with Crippen molar-refractivity contribution in [1.82, 2.24) is 0 Å². The molecule has 1 aliphatic rings. The first kappa shape index (κ1) is 24.9. The molecule has 0 saturated carbocycles. The van der Waals surface area contributed by atoms with Gasteiger partial charge in [0.25, 0.3) is 0 Å². The minimum Gasteiger partial charge on any atom is -0.396 e. The number of rotatable bonds is 5. The molecule has 1 amide bonds. The van der Waals surface area contributed by atoms with E-state index in [1.165, 1.54) is 11.8 Å². The summed E-state index contributed by atoms with van der Waals surface area (Å²) < 4.78 is 79.2. The third-order valence-corrected chi connectivity index (χ3v) is 6.19. The van der Waals surface area contributed by atoms with Gasteiger partial charge in [-0.1, -0.05) is 18.2 Å². The van der Waals surface area contributed by atoms with Crippen LogP contribution in [0.1, 0.15) is 35.6 Å². The summed E-state index contributed by atoms with van der Waals surface area (Å²) in [6.07, 6.45) is -10.1. The molecule has 3 rings (SSSR count). The zero-order chi connectivity index (χ0) is 24.8. The second-order valence-corrected chi connectivity index (χ2v) is 8.58. The summed E-state index contributed by atoms with van der Waals surface area (Å²) in [6, 6.07) is 5.93. The standard InChI is InChI=1S/C23H24F6N2O2/c1-13-5-4-6-14(2)20(13)31-11-21(12-32,10-19(31)33)15(3)30-18-8-16(22(24,25)26)7-17(9-18)23(27,28)29/h4-9,15,30,32H,10-12H2,1-3H3. The van der Waals surface area contributed by atoms with Gasteiger partial charge in [-0.2, -0.15) is 26.3 Å². The maximum absolute atomic E-state index is 13.2. The first-order valence-electron chi connectivity index (χ1n) is 10.2. The Morgan fingerprint density at radius 2 is 1.55 bits per heavy atom. The van der Waals surface area contributed by atoms with Gasteiger partial charge in [-0.15, -0.1) is 0 Å². The molecule has 33 heavy (non-hydrogen) atoms. The number of anilines is 2. The van der Waals surface area contributed by atoms with Crippen molar-refractivity contribution in [2.75, 3.05) is 23.4 Å². The number of carbonyl (C=O) groups is 1. The van der Waals surface area contributed by atoms with Gasteiger partial charge in [-0.3, -0.25) is 4.79 Å². The Kier molecular flexibility index (Phi) is 6.45. The zero-order valence-electron chi connectivity index (χ0n) is 18.2. The van der Waals surface area contributed by atoms with E-state index in [0.717, 1.165) is 11.1 Å². The number of alkyl halides is 6. The molecular formula is C23H24F6N2O2. The third-order valence-electron chi connectivity index (χ3n) is 6.19. The van der Waals surface area contributed by atoms with Gasteiger partial charge in [0.2, 0.25) is 5.91 Å². The third kappa shape index (κ3) is 4.95. The molecular weight excluding hydrogens is 450 g/mol. The highest BCUT2D eigenvalue weighted by Gasteiger charge is 2.48. The molecule has 0 spiro atoms. The number of carbonyl (C=O) groups excluding carboxylic acids is 1. The summed E-state index contributed by atoms with van der Waals surface area (Å²) in [4.78, 5) is 14.4. The molecule has 2 aromatic carbocycles. The smallest absolute Gasteiger partial charge is 0.396 e. The number of aryl methyl sites for hydroxylation is 2. The van der Waals surface area contributed by atoms with E-state index in [0.29, 0.717) is 17.8 Å². The monoisotopic (exact) mass is 474 g/mol. The van der Waals surface area contributed by atoms with Gasteiger partial charge in [0.05, 0.1) is 17.7 Å². The van der Waals surface area contributed by atoms with E-state index in [1.807, 2.05) is 32.0 Å². The van der Waals surface area contributed by atoms with E-state index in [2.05, 4.69) is 5.32 Å². The summed E-state index contributed by atoms with van der Waals surface area (Å²) in [5, 5.41) is 12.9. The van der Waals surface area contributed by atoms with Crippen LogP contribution in [-0.4, -0.2) is 30.2 Å². The number of nitrogens with one attached hydrogen (secondary N) is 1. The van der Waals surface area contributed by atoms with Gasteiger partial charge in [0.15, 0.2) is 0 Å². The van der Waals surface area contributed by atoms with Crippen LogP contribution >= 0.6 is 0 Å². The van der Waals surface area contributed by atoms with Crippen LogP contribution in [0.4, 0.5) is 37.7 Å². The van der Waals surface area contributed by atoms with Crippen molar-refractivity contribution in [3.8, 4) is 0 Å². The molecule has 2 aromatic rings. The number of para-hydroxylation sites is 1. The van der Waals surface area contributed by atoms with Gasteiger partial charge >= 0.3 is 12.4 Å². The Hall–Kier alpha value is -2.75. The second-order valence-electron chi connectivity index (χ2n) is 8.58. The van der Waals surface area contributed by atoms with Crippen molar-refractivity contribution in [3.05, 3.63) is 58.7 Å². The molecule has 1 fully saturated rings. The Balaban J connectivity index is 1.95. The molecule has 0 aliphatic carbocycles. The number of benzene rings is 2. The first-order valence-corrected chi connectivity index (χ1v) is 10.2. The molecule has 1 aliphatic heterocycles. The van der Waals surface area contributed by atoms with Crippen molar-refractivity contribution in [1.29, 1.82) is 0 Å². The van der Waals surface area contributed by atoms with Gasteiger partial charge in [0, 0.05) is 35.8 Å². The molecule has 2 N–H and O–H groups in total. The molecule has 180 valence electrons. The van der Waals surface area contributed by atoms with Crippen LogP contribution in [0.15, 0.2) is 36.4 Å². The van der Waals surface area contributed by atoms with E-state index in [4.69, 9.17) is 0 Å². The maximum Gasteiger partial charge on any atom is 0.416 e. The van der Waals surface area contributed by atoms with E-state index >= 15 is 0 Å². The Labute approximate surface area is 187 Å². The molecule has 1 heterocycles. The normalized spacial score (nSPS) is 20.3. The highest BCUT2D eigenvalue weighted by molar-refractivity contribution is 5.98. The number of hydrogen-bond donors (Lipinski definition) is 2. The molecule has 0 bridgehead atoms. The van der Waals surface area contributed by atoms with Crippen LogP contribution in [-0.2, 0) is 17.1 Å². The minimum absolute atomic E-state index is 0.0550. The van der Waals surface area contributed by atoms with Gasteiger partial charge in [0.1, 0.15) is 0 Å². The molecule has 4 nitrogen and oxygen atoms in total. The van der Waals surface area contributed by atoms with Gasteiger partial charge in [-0.05, 0) is 50.1 Å². The van der Waals surface area contributed by atoms with Crippen LogP contribution in [0, 0.1) is 19.3 Å². The fraction of sp³-hybridized carbons (Fsp3) is 0.435. The topological polar surface area (TPSA) is 52.6 Å². The highest BCUT2D eigenvalue weighted by Crippen LogP contribution is 2.42. The predicted molar refractivity (Wildman–Crippen MR) is 112 cm³/mol. The van der Waals surface area contributed by atoms with Crippen molar-refractivity contribution < 1.29 is 36.2 Å². The predicted octanol–water partition coefficient (Wildman–Crippen LogP) is 5.56. The number of amides is 1. The summed E-state index contributed by atoms with van der Waals surface area (Å²) in [6.45, 7) is 4.77. The Bertz CT molecular complexity index is 998. The average molecular weight is 474 g/mol. The number of aliphatic hydroxyl groups is 1. The lowest BCUT2D eigenvalue weighted by Gasteiger charge is -2.35. The summed E-state index contributed by atoms with van der Waals surface area (Å²) in [5.41, 5.74) is -2.03. The lowest BCUT2D eigenvalue weighted by Crippen LogP contribution is -2.44. The molecule has 2 atom stereocenters. The number of hydrogen-bond acceptors (Lipinski definition) is 3. The van der Waals surface area contributed by atoms with Gasteiger partial charge < -0.3 is 15.3 Å². The molecule has 10 heteroatoms. The van der Waals surface area contributed by atoms with Crippen LogP contribution in [0.2, 0.25) is 0 Å². The van der Waals surface area contributed by atoms with Crippen molar-refractivity contribution >= 4 is 17.3 Å². The molecule has 2 unspecified atom stereocenters. The summed E-state index contributed by atoms with van der Waals surface area (Å²) >= 11 is 0. The lowest BCUT2D eigenvalue weighted by atomic mass is 9.80. The molecule has 0 radical (unpaired) electrons. The van der Waals surface area contributed by atoms with Gasteiger partial charge in [-0.25, -0.2) is 0 Å². The van der Waals surface area contributed by atoms with E-state index in [9.17, 15) is 36.2 Å². The number of aliphatic hydroxyl groups excluding tert-OH is 1. The fourth-order valence-corrected chi connectivity index (χ4v) is 4.26. The first-order chi connectivity index (χ1) is 15.2. The van der Waals surface area contributed by atoms with Crippen molar-refractivity contribution in [3.63, 3.8) is 0 Å². The average Bonchev–Trinajstić information content (AvgIpc) is 3.04. The van der Waals surface area contributed by atoms with E-state index < -0.39 is 47.2 Å².